The minimum atomic E-state index is -1.07. The molecule has 1 unspecified atom stereocenters. The number of hydrogen-bond acceptors (Lipinski definition) is 5. The molecule has 0 N–H and O–H groups in total. The number of hydrogen-bond donors (Lipinski definition) is 0. The molecule has 0 saturated heterocycles. The van der Waals surface area contributed by atoms with Crippen molar-refractivity contribution in [2.45, 2.75) is 51.7 Å². The average Bonchev–Trinajstić information content (AvgIpc) is 2.31. The molecule has 7 nitrogen and oxygen atoms in total. The van der Waals surface area contributed by atoms with E-state index in [9.17, 15) is 4.79 Å². The molecule has 0 aliphatic heterocycles. The van der Waals surface area contributed by atoms with E-state index in [1.54, 1.807) is 6.92 Å². The third-order valence-corrected chi connectivity index (χ3v) is 1.99. The lowest BCUT2D eigenvalue weighted by Gasteiger charge is -2.19. The lowest BCUT2D eigenvalue weighted by atomic mass is 10.1. The highest BCUT2D eigenvalue weighted by molar-refractivity contribution is 5.69. The third kappa shape index (κ3) is 8.79. The SMILES string of the molecule is C=CCOC(=O)CCC(C)(N=NC(C)(C)C)N=[N+]=[N-]. The predicted molar refractivity (Wildman–Crippen MR) is 72.6 cm³/mol. The van der Waals surface area contributed by atoms with Gasteiger partial charge in [-0.2, -0.15) is 10.2 Å². The molecule has 7 heteroatoms. The summed E-state index contributed by atoms with van der Waals surface area (Å²) in [5.41, 5.74) is 7.13. The number of ether oxygens (including phenoxy) is 1. The van der Waals surface area contributed by atoms with Crippen molar-refractivity contribution in [1.29, 1.82) is 0 Å². The maximum Gasteiger partial charge on any atom is 0.306 e. The first-order chi connectivity index (χ1) is 8.72. The van der Waals surface area contributed by atoms with Crippen LogP contribution in [0.1, 0.15) is 40.5 Å². The van der Waals surface area contributed by atoms with Gasteiger partial charge in [0, 0.05) is 11.3 Å². The fraction of sp³-hybridized carbons (Fsp3) is 0.750. The second kappa shape index (κ2) is 7.53. The smallest absolute Gasteiger partial charge is 0.306 e. The first-order valence-electron chi connectivity index (χ1n) is 5.99. The number of carbonyl (C=O) groups excluding carboxylic acids is 1. The highest BCUT2D eigenvalue weighted by Gasteiger charge is 2.25. The van der Waals surface area contributed by atoms with E-state index in [1.807, 2.05) is 20.8 Å². The van der Waals surface area contributed by atoms with E-state index in [4.69, 9.17) is 10.3 Å². The fourth-order valence-corrected chi connectivity index (χ4v) is 1.04. The van der Waals surface area contributed by atoms with Gasteiger partial charge in [0.15, 0.2) is 5.66 Å². The quantitative estimate of drug-likeness (QED) is 0.230. The summed E-state index contributed by atoms with van der Waals surface area (Å²) in [5.74, 6) is -0.384. The van der Waals surface area contributed by atoms with E-state index in [-0.39, 0.29) is 31.0 Å². The van der Waals surface area contributed by atoms with Crippen molar-refractivity contribution < 1.29 is 9.53 Å². The number of nitrogens with zero attached hydrogens (tertiary/aromatic N) is 5. The van der Waals surface area contributed by atoms with Gasteiger partial charge in [0.25, 0.3) is 0 Å². The van der Waals surface area contributed by atoms with Crippen LogP contribution in [0.4, 0.5) is 0 Å². The Morgan fingerprint density at radius 3 is 2.47 bits per heavy atom. The number of azide groups is 1. The Labute approximate surface area is 113 Å². The first-order valence-corrected chi connectivity index (χ1v) is 5.99. The molecular formula is C12H21N5O2. The molecule has 0 spiro atoms. The van der Waals surface area contributed by atoms with Gasteiger partial charge >= 0.3 is 5.97 Å². The molecule has 0 aliphatic rings. The molecule has 0 rings (SSSR count). The monoisotopic (exact) mass is 267 g/mol. The van der Waals surface area contributed by atoms with E-state index in [1.165, 1.54) is 6.08 Å². The second-order valence-corrected chi connectivity index (χ2v) is 5.25. The van der Waals surface area contributed by atoms with Crippen LogP contribution in [-0.4, -0.2) is 23.8 Å². The molecule has 106 valence electrons. The first kappa shape index (κ1) is 17.1. The van der Waals surface area contributed by atoms with Gasteiger partial charge in [0.2, 0.25) is 0 Å². The van der Waals surface area contributed by atoms with Crippen molar-refractivity contribution in [2.75, 3.05) is 6.61 Å². The van der Waals surface area contributed by atoms with Gasteiger partial charge in [-0.3, -0.25) is 4.79 Å². The Balaban J connectivity index is 4.64. The highest BCUT2D eigenvalue weighted by atomic mass is 16.5. The Bertz CT molecular complexity index is 393. The topological polar surface area (TPSA) is 99.8 Å². The molecule has 0 aliphatic carbocycles. The minimum Gasteiger partial charge on any atom is -0.461 e. The third-order valence-electron chi connectivity index (χ3n) is 1.99. The molecule has 19 heavy (non-hydrogen) atoms. The van der Waals surface area contributed by atoms with Gasteiger partial charge in [-0.1, -0.05) is 17.8 Å². The van der Waals surface area contributed by atoms with E-state index in [0.29, 0.717) is 0 Å². The van der Waals surface area contributed by atoms with Gasteiger partial charge in [0.05, 0.1) is 5.54 Å². The van der Waals surface area contributed by atoms with Crippen molar-refractivity contribution in [2.24, 2.45) is 15.3 Å². The molecule has 0 aromatic rings. The van der Waals surface area contributed by atoms with Crippen LogP contribution >= 0.6 is 0 Å². The number of rotatable bonds is 7. The van der Waals surface area contributed by atoms with Crippen LogP contribution in [-0.2, 0) is 9.53 Å². The fourth-order valence-electron chi connectivity index (χ4n) is 1.04. The molecule has 0 saturated carbocycles. The lowest BCUT2D eigenvalue weighted by Crippen LogP contribution is -2.22. The summed E-state index contributed by atoms with van der Waals surface area (Å²) in [4.78, 5) is 14.1. The van der Waals surface area contributed by atoms with Crippen LogP contribution in [0.25, 0.3) is 10.4 Å². The van der Waals surface area contributed by atoms with Gasteiger partial charge < -0.3 is 4.74 Å². The molecule has 0 aromatic carbocycles. The molecule has 0 radical (unpaired) electrons. The minimum absolute atomic E-state index is 0.104. The predicted octanol–water partition coefficient (Wildman–Crippen LogP) is 3.77. The maximum atomic E-state index is 11.4. The summed E-state index contributed by atoms with van der Waals surface area (Å²) in [5, 5.41) is 11.7. The second-order valence-electron chi connectivity index (χ2n) is 5.25. The largest absolute Gasteiger partial charge is 0.461 e. The van der Waals surface area contributed by atoms with Crippen LogP contribution in [0.3, 0.4) is 0 Å². The normalized spacial score (nSPS) is 14.5. The Morgan fingerprint density at radius 2 is 2.00 bits per heavy atom. The highest BCUT2D eigenvalue weighted by Crippen LogP contribution is 2.23. The molecule has 0 heterocycles. The zero-order valence-corrected chi connectivity index (χ0v) is 12.0. The van der Waals surface area contributed by atoms with Crippen molar-refractivity contribution in [3.8, 4) is 0 Å². The molecule has 0 amide bonds. The molecular weight excluding hydrogens is 246 g/mol. The summed E-state index contributed by atoms with van der Waals surface area (Å²) in [6.45, 7) is 10.9. The van der Waals surface area contributed by atoms with Gasteiger partial charge in [-0.15, -0.1) is 0 Å². The lowest BCUT2D eigenvalue weighted by molar-refractivity contribution is -0.142. The average molecular weight is 267 g/mol. The Hall–Kier alpha value is -1.88. The Kier molecular flexibility index (Phi) is 6.79. The number of azo groups is 1. The van der Waals surface area contributed by atoms with Crippen molar-refractivity contribution in [3.63, 3.8) is 0 Å². The number of esters is 1. The van der Waals surface area contributed by atoms with Crippen LogP contribution in [0.5, 0.6) is 0 Å². The van der Waals surface area contributed by atoms with E-state index < -0.39 is 5.66 Å². The number of carbonyl (C=O) groups is 1. The van der Waals surface area contributed by atoms with Crippen molar-refractivity contribution >= 4 is 5.97 Å². The Morgan fingerprint density at radius 1 is 1.37 bits per heavy atom. The van der Waals surface area contributed by atoms with Crippen LogP contribution < -0.4 is 0 Å². The summed E-state index contributed by atoms with van der Waals surface area (Å²) < 4.78 is 4.85. The summed E-state index contributed by atoms with van der Waals surface area (Å²) in [7, 11) is 0. The van der Waals surface area contributed by atoms with Crippen LogP contribution in [0.2, 0.25) is 0 Å². The van der Waals surface area contributed by atoms with E-state index in [0.717, 1.165) is 0 Å². The van der Waals surface area contributed by atoms with Crippen molar-refractivity contribution in [3.05, 3.63) is 23.1 Å². The summed E-state index contributed by atoms with van der Waals surface area (Å²) in [6.07, 6.45) is 1.84. The van der Waals surface area contributed by atoms with Crippen LogP contribution in [0.15, 0.2) is 28.0 Å². The van der Waals surface area contributed by atoms with Gasteiger partial charge in [0.1, 0.15) is 6.61 Å². The van der Waals surface area contributed by atoms with Gasteiger partial charge in [-0.25, -0.2) is 0 Å². The van der Waals surface area contributed by atoms with Crippen LogP contribution in [0, 0.1) is 0 Å². The summed E-state index contributed by atoms with van der Waals surface area (Å²) >= 11 is 0. The summed E-state index contributed by atoms with van der Waals surface area (Å²) in [6, 6.07) is 0. The molecule has 0 fully saturated rings. The molecule has 0 bridgehead atoms. The van der Waals surface area contributed by atoms with Crippen molar-refractivity contribution in [1.82, 2.24) is 0 Å². The maximum absolute atomic E-state index is 11.4. The zero-order valence-electron chi connectivity index (χ0n) is 12.0. The van der Waals surface area contributed by atoms with E-state index >= 15 is 0 Å². The zero-order chi connectivity index (χ0) is 14.9. The molecule has 0 aromatic heterocycles. The molecule has 1 atom stereocenters. The van der Waals surface area contributed by atoms with Gasteiger partial charge in [-0.05, 0) is 39.6 Å². The standard InChI is InChI=1S/C12H21N5O2/c1-6-9-19-10(18)7-8-12(5,16-17-13)15-14-11(2,3)4/h6H,1,7-9H2,2-5H3. The van der Waals surface area contributed by atoms with E-state index in [2.05, 4.69) is 26.8 Å².